The van der Waals surface area contributed by atoms with E-state index in [-0.39, 0.29) is 35.3 Å². The van der Waals surface area contributed by atoms with Crippen molar-refractivity contribution >= 4 is 41.5 Å². The van der Waals surface area contributed by atoms with E-state index >= 15 is 0 Å². The Hall–Kier alpha value is -1.51. The van der Waals surface area contributed by atoms with Crippen LogP contribution in [0.3, 0.4) is 0 Å². The van der Waals surface area contributed by atoms with Crippen LogP contribution in [0.4, 0.5) is 5.69 Å². The van der Waals surface area contributed by atoms with Crippen LogP contribution < -0.4 is 15.5 Å². The van der Waals surface area contributed by atoms with Crippen LogP contribution in [0.2, 0.25) is 0 Å². The minimum absolute atomic E-state index is 0. The molecule has 0 unspecified atom stereocenters. The van der Waals surface area contributed by atoms with Crippen LogP contribution in [0.5, 0.6) is 0 Å². The van der Waals surface area contributed by atoms with Gasteiger partial charge in [0.2, 0.25) is 5.91 Å². The van der Waals surface area contributed by atoms with Gasteiger partial charge in [0.1, 0.15) is 0 Å². The Morgan fingerprint density at radius 1 is 1.11 bits per heavy atom. The van der Waals surface area contributed by atoms with Crippen molar-refractivity contribution in [3.05, 3.63) is 29.8 Å². The molecule has 0 atom stereocenters. The van der Waals surface area contributed by atoms with E-state index in [4.69, 9.17) is 0 Å². The number of aliphatic imine (C=N–C) groups is 1. The Morgan fingerprint density at radius 2 is 1.74 bits per heavy atom. The number of halogens is 1. The molecular weight excluding hydrogens is 453 g/mol. The number of carbonyl (C=O) groups is 1. The number of aryl methyl sites for hydroxylation is 1. The number of carbonyl (C=O) groups excluding carboxylic acids is 1. The number of nitrogens with zero attached hydrogens (tertiary/aromatic N) is 3. The number of nitrogens with one attached hydrogen (secondary N) is 2. The summed E-state index contributed by atoms with van der Waals surface area (Å²) in [5.41, 5.74) is 2.23. The van der Waals surface area contributed by atoms with Crippen molar-refractivity contribution in [1.82, 2.24) is 15.5 Å². The summed E-state index contributed by atoms with van der Waals surface area (Å²) in [6, 6.07) is 8.65. The molecule has 1 amide bonds. The van der Waals surface area contributed by atoms with E-state index in [1.807, 2.05) is 27.8 Å². The molecule has 1 aliphatic heterocycles. The largest absolute Gasteiger partial charge is 0.368 e. The van der Waals surface area contributed by atoms with Gasteiger partial charge >= 0.3 is 0 Å². The highest BCUT2D eigenvalue weighted by Gasteiger charge is 2.21. The minimum Gasteiger partial charge on any atom is -0.368 e. The topological polar surface area (TPSA) is 60.0 Å². The third-order valence-corrected chi connectivity index (χ3v) is 4.53. The first-order valence-electron chi connectivity index (χ1n) is 9.37. The Labute approximate surface area is 180 Å². The summed E-state index contributed by atoms with van der Waals surface area (Å²) in [5.74, 6) is 0.972. The molecule has 1 saturated heterocycles. The van der Waals surface area contributed by atoms with Crippen LogP contribution in [0.1, 0.15) is 26.3 Å². The molecule has 1 aromatic rings. The number of benzene rings is 1. The van der Waals surface area contributed by atoms with Crippen molar-refractivity contribution in [3.8, 4) is 0 Å². The number of anilines is 1. The maximum absolute atomic E-state index is 11.9. The second-order valence-electron chi connectivity index (χ2n) is 7.79. The van der Waals surface area contributed by atoms with E-state index in [9.17, 15) is 4.79 Å². The van der Waals surface area contributed by atoms with Crippen LogP contribution in [-0.2, 0) is 4.79 Å². The smallest absolute Gasteiger partial charge is 0.225 e. The van der Waals surface area contributed by atoms with Gasteiger partial charge in [0.15, 0.2) is 5.96 Å². The second kappa shape index (κ2) is 10.7. The molecule has 0 saturated carbocycles. The SMILES string of the molecule is CN=C(NCCNC(=O)C(C)(C)C)N1CCN(c2cccc(C)c2)CC1.I. The minimum atomic E-state index is -0.353. The lowest BCUT2D eigenvalue weighted by Gasteiger charge is -2.37. The Morgan fingerprint density at radius 3 is 2.30 bits per heavy atom. The van der Waals surface area contributed by atoms with Gasteiger partial charge in [0, 0.05) is 57.4 Å². The first-order valence-corrected chi connectivity index (χ1v) is 9.37. The predicted molar refractivity (Wildman–Crippen MR) is 124 cm³/mol. The molecule has 27 heavy (non-hydrogen) atoms. The molecule has 2 rings (SSSR count). The van der Waals surface area contributed by atoms with E-state index in [0.29, 0.717) is 13.1 Å². The quantitative estimate of drug-likeness (QED) is 0.297. The van der Waals surface area contributed by atoms with E-state index in [2.05, 4.69) is 56.6 Å². The number of hydrogen-bond acceptors (Lipinski definition) is 3. The molecule has 0 bridgehead atoms. The zero-order chi connectivity index (χ0) is 19.2. The molecular formula is C20H34IN5O. The van der Waals surface area contributed by atoms with Gasteiger partial charge in [-0.05, 0) is 24.6 Å². The van der Waals surface area contributed by atoms with Crippen LogP contribution in [0, 0.1) is 12.3 Å². The third kappa shape index (κ3) is 7.20. The van der Waals surface area contributed by atoms with Crippen molar-refractivity contribution in [2.24, 2.45) is 10.4 Å². The number of amides is 1. The fraction of sp³-hybridized carbons (Fsp3) is 0.600. The van der Waals surface area contributed by atoms with E-state index < -0.39 is 0 Å². The van der Waals surface area contributed by atoms with Crippen molar-refractivity contribution in [2.45, 2.75) is 27.7 Å². The highest BCUT2D eigenvalue weighted by atomic mass is 127. The molecule has 6 nitrogen and oxygen atoms in total. The number of piperazine rings is 1. The zero-order valence-corrected chi connectivity index (χ0v) is 19.5. The summed E-state index contributed by atoms with van der Waals surface area (Å²) in [6.45, 7) is 13.0. The molecule has 1 aromatic carbocycles. The van der Waals surface area contributed by atoms with Crippen molar-refractivity contribution < 1.29 is 4.79 Å². The number of rotatable bonds is 4. The van der Waals surface area contributed by atoms with Gasteiger partial charge in [-0.3, -0.25) is 9.79 Å². The summed E-state index contributed by atoms with van der Waals surface area (Å²) < 4.78 is 0. The van der Waals surface area contributed by atoms with Crippen LogP contribution in [0.25, 0.3) is 0 Å². The lowest BCUT2D eigenvalue weighted by Crippen LogP contribution is -2.53. The average molecular weight is 487 g/mol. The molecule has 0 aliphatic carbocycles. The predicted octanol–water partition coefficient (Wildman–Crippen LogP) is 2.47. The molecule has 0 aromatic heterocycles. The number of hydrogen-bond donors (Lipinski definition) is 2. The normalized spacial score (nSPS) is 15.2. The highest BCUT2D eigenvalue weighted by molar-refractivity contribution is 14.0. The molecule has 152 valence electrons. The van der Waals surface area contributed by atoms with E-state index in [1.54, 1.807) is 0 Å². The third-order valence-electron chi connectivity index (χ3n) is 4.53. The Bertz CT molecular complexity index is 634. The molecule has 0 spiro atoms. The summed E-state index contributed by atoms with van der Waals surface area (Å²) in [5, 5.41) is 6.31. The zero-order valence-electron chi connectivity index (χ0n) is 17.2. The highest BCUT2D eigenvalue weighted by Crippen LogP contribution is 2.17. The van der Waals surface area contributed by atoms with Gasteiger partial charge in [0.05, 0.1) is 0 Å². The monoisotopic (exact) mass is 487 g/mol. The van der Waals surface area contributed by atoms with Gasteiger partial charge in [0.25, 0.3) is 0 Å². The van der Waals surface area contributed by atoms with Gasteiger partial charge in [-0.25, -0.2) is 0 Å². The standard InChI is InChI=1S/C20H33N5O.HI/c1-16-7-6-8-17(15-16)24-11-13-25(14-12-24)19(21-5)23-10-9-22-18(26)20(2,3)4;/h6-8,15H,9-14H2,1-5H3,(H,21,23)(H,22,26);1H. The first-order chi connectivity index (χ1) is 12.3. The maximum Gasteiger partial charge on any atom is 0.225 e. The first kappa shape index (κ1) is 23.5. The van der Waals surface area contributed by atoms with Crippen molar-refractivity contribution in [3.63, 3.8) is 0 Å². The summed E-state index contributed by atoms with van der Waals surface area (Å²) in [7, 11) is 1.81. The summed E-state index contributed by atoms with van der Waals surface area (Å²) >= 11 is 0. The summed E-state index contributed by atoms with van der Waals surface area (Å²) in [6.07, 6.45) is 0. The van der Waals surface area contributed by atoms with Gasteiger partial charge in [-0.2, -0.15) is 0 Å². The van der Waals surface area contributed by atoms with Gasteiger partial charge in [-0.15, -0.1) is 24.0 Å². The second-order valence-corrected chi connectivity index (χ2v) is 7.79. The van der Waals surface area contributed by atoms with Gasteiger partial charge in [-0.1, -0.05) is 32.9 Å². The van der Waals surface area contributed by atoms with E-state index in [1.165, 1.54) is 11.3 Å². The lowest BCUT2D eigenvalue weighted by molar-refractivity contribution is -0.128. The molecule has 2 N–H and O–H groups in total. The van der Waals surface area contributed by atoms with Crippen molar-refractivity contribution in [2.75, 3.05) is 51.2 Å². The van der Waals surface area contributed by atoms with Crippen LogP contribution in [-0.4, -0.2) is 63.1 Å². The molecule has 1 fully saturated rings. The molecule has 1 heterocycles. The summed E-state index contributed by atoms with van der Waals surface area (Å²) in [4.78, 5) is 21.0. The van der Waals surface area contributed by atoms with Gasteiger partial charge < -0.3 is 20.4 Å². The molecule has 0 radical (unpaired) electrons. The lowest BCUT2D eigenvalue weighted by atomic mass is 9.96. The Kier molecular flexibility index (Phi) is 9.35. The fourth-order valence-electron chi connectivity index (χ4n) is 2.95. The molecule has 7 heteroatoms. The van der Waals surface area contributed by atoms with Crippen LogP contribution in [0.15, 0.2) is 29.3 Å². The van der Waals surface area contributed by atoms with Crippen LogP contribution >= 0.6 is 24.0 Å². The van der Waals surface area contributed by atoms with Crippen molar-refractivity contribution in [1.29, 1.82) is 0 Å². The fourth-order valence-corrected chi connectivity index (χ4v) is 2.95. The number of guanidine groups is 1. The average Bonchev–Trinajstić information content (AvgIpc) is 2.61. The molecule has 1 aliphatic rings. The van der Waals surface area contributed by atoms with E-state index in [0.717, 1.165) is 32.1 Å². The Balaban J connectivity index is 0.00000364. The maximum atomic E-state index is 11.9.